The second-order valence-electron chi connectivity index (χ2n) is 6.64. The minimum absolute atomic E-state index is 0.446. The zero-order valence-electron chi connectivity index (χ0n) is 12.5. The molecule has 1 aromatic heterocycles. The number of rotatable bonds is 3. The SMILES string of the molecule is Nc1cc(-c2cnc(C3(O)CC3)c(N)c2)c(Cl)cc1C1(O)CC1. The van der Waals surface area contributed by atoms with Crippen molar-refractivity contribution in [1.29, 1.82) is 0 Å². The van der Waals surface area contributed by atoms with E-state index in [4.69, 9.17) is 23.1 Å². The highest BCUT2D eigenvalue weighted by Gasteiger charge is 2.45. The summed E-state index contributed by atoms with van der Waals surface area (Å²) in [5.74, 6) is 0. The lowest BCUT2D eigenvalue weighted by molar-refractivity contribution is 0.147. The molecule has 6 N–H and O–H groups in total. The molecule has 4 rings (SSSR count). The van der Waals surface area contributed by atoms with E-state index >= 15 is 0 Å². The predicted octanol–water partition coefficient (Wildman–Crippen LogP) is 2.53. The molecule has 2 fully saturated rings. The van der Waals surface area contributed by atoms with E-state index in [2.05, 4.69) is 4.98 Å². The fourth-order valence-corrected chi connectivity index (χ4v) is 3.25. The highest BCUT2D eigenvalue weighted by atomic mass is 35.5. The fourth-order valence-electron chi connectivity index (χ4n) is 2.98. The lowest BCUT2D eigenvalue weighted by Crippen LogP contribution is -2.11. The molecule has 0 aliphatic heterocycles. The van der Waals surface area contributed by atoms with Crippen molar-refractivity contribution >= 4 is 23.0 Å². The maximum Gasteiger partial charge on any atom is 0.109 e. The van der Waals surface area contributed by atoms with Gasteiger partial charge in [0.1, 0.15) is 5.60 Å². The van der Waals surface area contributed by atoms with Gasteiger partial charge in [0.25, 0.3) is 0 Å². The van der Waals surface area contributed by atoms with Crippen molar-refractivity contribution in [1.82, 2.24) is 4.98 Å². The Morgan fingerprint density at radius 1 is 0.957 bits per heavy atom. The van der Waals surface area contributed by atoms with Crippen LogP contribution >= 0.6 is 11.6 Å². The average Bonchev–Trinajstić information content (AvgIpc) is 3.41. The molecular weight excluding hydrogens is 314 g/mol. The van der Waals surface area contributed by atoms with Gasteiger partial charge in [0.05, 0.1) is 17.0 Å². The van der Waals surface area contributed by atoms with Crippen molar-refractivity contribution in [2.24, 2.45) is 0 Å². The molecule has 1 aromatic carbocycles. The van der Waals surface area contributed by atoms with Crippen LogP contribution in [0.15, 0.2) is 24.4 Å². The summed E-state index contributed by atoms with van der Waals surface area (Å²) in [7, 11) is 0. The van der Waals surface area contributed by atoms with Crippen LogP contribution < -0.4 is 11.5 Å². The third-order valence-corrected chi connectivity index (χ3v) is 5.07. The van der Waals surface area contributed by atoms with Crippen molar-refractivity contribution < 1.29 is 10.2 Å². The molecule has 1 heterocycles. The van der Waals surface area contributed by atoms with Gasteiger partial charge in [-0.25, -0.2) is 0 Å². The molecule has 120 valence electrons. The molecule has 0 spiro atoms. The number of aromatic nitrogens is 1. The highest BCUT2D eigenvalue weighted by Crippen LogP contribution is 2.50. The van der Waals surface area contributed by atoms with Crippen molar-refractivity contribution in [3.05, 3.63) is 40.7 Å². The molecule has 23 heavy (non-hydrogen) atoms. The summed E-state index contributed by atoms with van der Waals surface area (Å²) in [6, 6.07) is 5.22. The summed E-state index contributed by atoms with van der Waals surface area (Å²) in [6.07, 6.45) is 4.42. The molecule has 0 radical (unpaired) electrons. The molecular formula is C17H18ClN3O2. The lowest BCUT2D eigenvalue weighted by atomic mass is 9.98. The molecule has 6 heteroatoms. The zero-order chi connectivity index (χ0) is 16.4. The third kappa shape index (κ3) is 2.36. The largest absolute Gasteiger partial charge is 0.398 e. The first-order valence-corrected chi connectivity index (χ1v) is 8.01. The maximum atomic E-state index is 10.2. The Morgan fingerprint density at radius 3 is 2.17 bits per heavy atom. The topological polar surface area (TPSA) is 105 Å². The molecule has 0 atom stereocenters. The number of anilines is 2. The van der Waals surface area contributed by atoms with E-state index in [-0.39, 0.29) is 0 Å². The number of pyridine rings is 1. The fraction of sp³-hybridized carbons (Fsp3) is 0.353. The number of benzene rings is 1. The first-order valence-electron chi connectivity index (χ1n) is 7.63. The second kappa shape index (κ2) is 4.60. The normalized spacial score (nSPS) is 20.3. The van der Waals surface area contributed by atoms with Crippen LogP contribution in [0.5, 0.6) is 0 Å². The molecule has 0 bridgehead atoms. The number of nitrogen functional groups attached to an aromatic ring is 2. The number of hydrogen-bond donors (Lipinski definition) is 4. The molecule has 0 amide bonds. The summed E-state index contributed by atoms with van der Waals surface area (Å²) >= 11 is 6.38. The lowest BCUT2D eigenvalue weighted by Gasteiger charge is -2.16. The van der Waals surface area contributed by atoms with Gasteiger partial charge in [-0.1, -0.05) is 11.6 Å². The Balaban J connectivity index is 1.76. The Bertz CT molecular complexity index is 814. The van der Waals surface area contributed by atoms with Gasteiger partial charge in [0.15, 0.2) is 0 Å². The first-order chi connectivity index (χ1) is 10.8. The van der Waals surface area contributed by atoms with Crippen LogP contribution in [-0.2, 0) is 11.2 Å². The molecule has 2 saturated carbocycles. The number of hydrogen-bond acceptors (Lipinski definition) is 5. The second-order valence-corrected chi connectivity index (χ2v) is 7.05. The third-order valence-electron chi connectivity index (χ3n) is 4.76. The van der Waals surface area contributed by atoms with Gasteiger partial charge in [-0.2, -0.15) is 0 Å². The van der Waals surface area contributed by atoms with E-state index < -0.39 is 11.2 Å². The summed E-state index contributed by atoms with van der Waals surface area (Å²) in [5, 5.41) is 20.9. The highest BCUT2D eigenvalue weighted by molar-refractivity contribution is 6.33. The van der Waals surface area contributed by atoms with Crippen LogP contribution in [0.1, 0.15) is 36.9 Å². The molecule has 0 saturated heterocycles. The maximum absolute atomic E-state index is 10.2. The predicted molar refractivity (Wildman–Crippen MR) is 89.8 cm³/mol. The standard InChI is InChI=1S/C17H18ClN3O2/c18-12-7-11(16(22)1-2-16)13(19)6-10(12)9-5-14(20)15(21-8-9)17(23)3-4-17/h5-8,22-23H,1-4,19-20H2. The quantitative estimate of drug-likeness (QED) is 0.647. The Labute approximate surface area is 138 Å². The van der Waals surface area contributed by atoms with Crippen molar-refractivity contribution in [2.45, 2.75) is 36.9 Å². The van der Waals surface area contributed by atoms with Crippen molar-refractivity contribution in [3.63, 3.8) is 0 Å². The van der Waals surface area contributed by atoms with Crippen molar-refractivity contribution in [3.8, 4) is 11.1 Å². The zero-order valence-corrected chi connectivity index (χ0v) is 13.3. The van der Waals surface area contributed by atoms with E-state index in [1.807, 2.05) is 0 Å². The number of aliphatic hydroxyl groups is 2. The van der Waals surface area contributed by atoms with Crippen LogP contribution in [0.25, 0.3) is 11.1 Å². The minimum Gasteiger partial charge on any atom is -0.398 e. The average molecular weight is 332 g/mol. The van der Waals surface area contributed by atoms with Gasteiger partial charge in [-0.15, -0.1) is 0 Å². The monoisotopic (exact) mass is 331 g/mol. The molecule has 2 aliphatic carbocycles. The number of nitrogens with two attached hydrogens (primary N) is 2. The van der Waals surface area contributed by atoms with Crippen LogP contribution in [0.4, 0.5) is 11.4 Å². The van der Waals surface area contributed by atoms with E-state index in [1.54, 1.807) is 24.4 Å². The van der Waals surface area contributed by atoms with Gasteiger partial charge in [-0.3, -0.25) is 4.98 Å². The van der Waals surface area contributed by atoms with E-state index in [0.29, 0.717) is 58.9 Å². The van der Waals surface area contributed by atoms with Crippen LogP contribution in [-0.4, -0.2) is 15.2 Å². The molecule has 5 nitrogen and oxygen atoms in total. The number of halogens is 1. The first kappa shape index (κ1) is 14.8. The minimum atomic E-state index is -0.870. The Kier molecular flexibility index (Phi) is 2.95. The van der Waals surface area contributed by atoms with Gasteiger partial charge >= 0.3 is 0 Å². The van der Waals surface area contributed by atoms with Crippen LogP contribution in [0.2, 0.25) is 5.02 Å². The van der Waals surface area contributed by atoms with Crippen LogP contribution in [0, 0.1) is 0 Å². The van der Waals surface area contributed by atoms with E-state index in [9.17, 15) is 10.2 Å². The van der Waals surface area contributed by atoms with E-state index in [1.165, 1.54) is 0 Å². The molecule has 2 aromatic rings. The van der Waals surface area contributed by atoms with E-state index in [0.717, 1.165) is 5.56 Å². The Morgan fingerprint density at radius 2 is 1.61 bits per heavy atom. The van der Waals surface area contributed by atoms with Gasteiger partial charge in [0, 0.05) is 33.6 Å². The van der Waals surface area contributed by atoms with Crippen LogP contribution in [0.3, 0.4) is 0 Å². The van der Waals surface area contributed by atoms with Gasteiger partial charge < -0.3 is 21.7 Å². The summed E-state index contributed by atoms with van der Waals surface area (Å²) < 4.78 is 0. The molecule has 0 unspecified atom stereocenters. The van der Waals surface area contributed by atoms with Crippen molar-refractivity contribution in [2.75, 3.05) is 11.5 Å². The summed E-state index contributed by atoms with van der Waals surface area (Å²) in [6.45, 7) is 0. The number of nitrogens with zero attached hydrogens (tertiary/aromatic N) is 1. The van der Waals surface area contributed by atoms with Gasteiger partial charge in [-0.05, 0) is 43.9 Å². The van der Waals surface area contributed by atoms with Gasteiger partial charge in [0.2, 0.25) is 0 Å². The smallest absolute Gasteiger partial charge is 0.109 e. The Hall–Kier alpha value is -1.82. The summed E-state index contributed by atoms with van der Waals surface area (Å²) in [5.41, 5.74) is 14.0. The summed E-state index contributed by atoms with van der Waals surface area (Å²) in [4.78, 5) is 4.32. The molecule has 2 aliphatic rings.